The van der Waals surface area contributed by atoms with Gasteiger partial charge in [0.05, 0.1) is 19.3 Å². The van der Waals surface area contributed by atoms with Gasteiger partial charge in [-0.05, 0) is 50.5 Å². The van der Waals surface area contributed by atoms with Gasteiger partial charge in [0, 0.05) is 12.2 Å². The van der Waals surface area contributed by atoms with Crippen LogP contribution in [0.1, 0.15) is 44.6 Å². The molecule has 2 N–H and O–H groups in total. The fraction of sp³-hybridized carbons (Fsp3) is 0.368. The van der Waals surface area contributed by atoms with Crippen molar-refractivity contribution in [1.82, 2.24) is 10.3 Å². The number of hydrogen-bond acceptors (Lipinski definition) is 4. The minimum atomic E-state index is -0.411. The number of rotatable bonds is 7. The lowest BCUT2D eigenvalue weighted by Crippen LogP contribution is -2.26. The topological polar surface area (TPSA) is 80.4 Å². The smallest absolute Gasteiger partial charge is 0.340 e. The second-order valence-corrected chi connectivity index (χ2v) is 5.70. The van der Waals surface area contributed by atoms with E-state index < -0.39 is 5.97 Å². The summed E-state index contributed by atoms with van der Waals surface area (Å²) in [5, 5.41) is 2.87. The zero-order valence-electron chi connectivity index (χ0n) is 15.1. The van der Waals surface area contributed by atoms with Crippen molar-refractivity contribution in [3.05, 3.63) is 52.3 Å². The van der Waals surface area contributed by atoms with Crippen molar-refractivity contribution in [3.8, 4) is 5.75 Å². The van der Waals surface area contributed by atoms with Gasteiger partial charge >= 0.3 is 5.97 Å². The molecule has 0 fully saturated rings. The molecule has 0 spiro atoms. The highest BCUT2D eigenvalue weighted by atomic mass is 16.5. The quantitative estimate of drug-likeness (QED) is 0.757. The number of aromatic nitrogens is 1. The fourth-order valence-electron chi connectivity index (χ4n) is 2.69. The molecule has 0 saturated heterocycles. The van der Waals surface area contributed by atoms with Crippen molar-refractivity contribution in [2.24, 2.45) is 0 Å². The highest BCUT2D eigenvalue weighted by molar-refractivity contribution is 6.00. The van der Waals surface area contributed by atoms with E-state index in [1.54, 1.807) is 27.9 Å². The number of ether oxygens (including phenoxy) is 2. The third kappa shape index (κ3) is 4.41. The summed E-state index contributed by atoms with van der Waals surface area (Å²) in [6, 6.07) is 7.71. The van der Waals surface area contributed by atoms with Gasteiger partial charge in [0.2, 0.25) is 0 Å². The lowest BCUT2D eigenvalue weighted by Gasteiger charge is -2.06. The number of aryl methyl sites for hydroxylation is 1. The third-order valence-electron chi connectivity index (χ3n) is 4.00. The Kier molecular flexibility index (Phi) is 6.22. The van der Waals surface area contributed by atoms with Crippen LogP contribution in [-0.4, -0.2) is 37.1 Å². The predicted octanol–water partition coefficient (Wildman–Crippen LogP) is 2.79. The molecule has 1 aromatic heterocycles. The summed E-state index contributed by atoms with van der Waals surface area (Å²) in [6.07, 6.45) is 0.708. The van der Waals surface area contributed by atoms with E-state index in [0.29, 0.717) is 42.1 Å². The number of carbonyl (C=O) groups is 2. The van der Waals surface area contributed by atoms with E-state index in [1.165, 1.54) is 0 Å². The van der Waals surface area contributed by atoms with Crippen molar-refractivity contribution in [2.45, 2.75) is 27.2 Å². The van der Waals surface area contributed by atoms with Crippen LogP contribution in [0.5, 0.6) is 5.75 Å². The second-order valence-electron chi connectivity index (χ2n) is 5.70. The lowest BCUT2D eigenvalue weighted by atomic mass is 10.1. The van der Waals surface area contributed by atoms with Crippen molar-refractivity contribution >= 4 is 11.9 Å². The predicted molar refractivity (Wildman–Crippen MR) is 95.3 cm³/mol. The molecule has 6 heteroatoms. The third-order valence-corrected chi connectivity index (χ3v) is 4.00. The van der Waals surface area contributed by atoms with E-state index in [1.807, 2.05) is 24.3 Å². The maximum absolute atomic E-state index is 12.4. The molecule has 2 rings (SSSR count). The molecular weight excluding hydrogens is 320 g/mol. The standard InChI is InChI=1S/C19H24N2O4/c1-5-25-19(23)16-12(2)17(21-13(16)3)18(22)20-11-10-14-6-8-15(24-4)9-7-14/h6-9,21H,5,10-11H2,1-4H3,(H,20,22). The van der Waals surface area contributed by atoms with Crippen LogP contribution in [0.15, 0.2) is 24.3 Å². The first kappa shape index (κ1) is 18.6. The molecule has 1 amide bonds. The zero-order valence-corrected chi connectivity index (χ0v) is 15.1. The average molecular weight is 344 g/mol. The van der Waals surface area contributed by atoms with Crippen LogP contribution in [-0.2, 0) is 11.2 Å². The Morgan fingerprint density at radius 2 is 1.84 bits per heavy atom. The summed E-state index contributed by atoms with van der Waals surface area (Å²) in [7, 11) is 1.63. The lowest BCUT2D eigenvalue weighted by molar-refractivity contribution is 0.0525. The highest BCUT2D eigenvalue weighted by Crippen LogP contribution is 2.19. The van der Waals surface area contributed by atoms with Gasteiger partial charge in [-0.3, -0.25) is 4.79 Å². The molecule has 1 heterocycles. The normalized spacial score (nSPS) is 10.4. The van der Waals surface area contributed by atoms with Crippen molar-refractivity contribution in [1.29, 1.82) is 0 Å². The van der Waals surface area contributed by atoms with E-state index in [4.69, 9.17) is 9.47 Å². The number of esters is 1. The molecule has 0 aliphatic heterocycles. The first-order valence-corrected chi connectivity index (χ1v) is 8.25. The molecule has 0 saturated carbocycles. The van der Waals surface area contributed by atoms with Crippen LogP contribution < -0.4 is 10.1 Å². The monoisotopic (exact) mass is 344 g/mol. The number of methoxy groups -OCH3 is 1. The van der Waals surface area contributed by atoms with Crippen LogP contribution >= 0.6 is 0 Å². The number of benzene rings is 1. The largest absolute Gasteiger partial charge is 0.497 e. The first-order chi connectivity index (χ1) is 12.0. The highest BCUT2D eigenvalue weighted by Gasteiger charge is 2.22. The maximum Gasteiger partial charge on any atom is 0.340 e. The van der Waals surface area contributed by atoms with Gasteiger partial charge in [0.15, 0.2) is 0 Å². The minimum Gasteiger partial charge on any atom is -0.497 e. The van der Waals surface area contributed by atoms with E-state index in [0.717, 1.165) is 11.3 Å². The molecule has 0 radical (unpaired) electrons. The van der Waals surface area contributed by atoms with Crippen molar-refractivity contribution < 1.29 is 19.1 Å². The van der Waals surface area contributed by atoms with Gasteiger partial charge < -0.3 is 19.8 Å². The van der Waals surface area contributed by atoms with Gasteiger partial charge in [0.1, 0.15) is 11.4 Å². The number of carbonyl (C=O) groups excluding carboxylic acids is 2. The first-order valence-electron chi connectivity index (χ1n) is 8.25. The van der Waals surface area contributed by atoms with Crippen LogP contribution in [0.2, 0.25) is 0 Å². The van der Waals surface area contributed by atoms with Gasteiger partial charge in [-0.1, -0.05) is 12.1 Å². The average Bonchev–Trinajstić information content (AvgIpc) is 2.90. The molecular formula is C19H24N2O4. The number of nitrogens with one attached hydrogen (secondary N) is 2. The summed E-state index contributed by atoms with van der Waals surface area (Å²) < 4.78 is 10.2. The van der Waals surface area contributed by atoms with Crippen LogP contribution in [0, 0.1) is 13.8 Å². The SMILES string of the molecule is CCOC(=O)c1c(C)[nH]c(C(=O)NCCc2ccc(OC)cc2)c1C. The second kappa shape index (κ2) is 8.37. The summed E-state index contributed by atoms with van der Waals surface area (Å²) in [4.78, 5) is 27.4. The fourth-order valence-corrected chi connectivity index (χ4v) is 2.69. The van der Waals surface area contributed by atoms with Crippen LogP contribution in [0.3, 0.4) is 0 Å². The molecule has 0 bridgehead atoms. The Morgan fingerprint density at radius 1 is 1.16 bits per heavy atom. The summed E-state index contributed by atoms with van der Waals surface area (Å²) in [5.41, 5.74) is 3.18. The van der Waals surface area contributed by atoms with E-state index in [2.05, 4.69) is 10.3 Å². The molecule has 0 aliphatic carbocycles. The van der Waals surface area contributed by atoms with E-state index in [9.17, 15) is 9.59 Å². The minimum absolute atomic E-state index is 0.232. The molecule has 134 valence electrons. The molecule has 0 aliphatic rings. The van der Waals surface area contributed by atoms with Crippen LogP contribution in [0.4, 0.5) is 0 Å². The number of amides is 1. The molecule has 0 atom stereocenters. The Bertz CT molecular complexity index is 748. The number of hydrogen-bond donors (Lipinski definition) is 2. The summed E-state index contributed by atoms with van der Waals surface area (Å²) >= 11 is 0. The molecule has 6 nitrogen and oxygen atoms in total. The zero-order chi connectivity index (χ0) is 18.4. The molecule has 2 aromatic rings. The van der Waals surface area contributed by atoms with Gasteiger partial charge in [-0.25, -0.2) is 4.79 Å². The Hall–Kier alpha value is -2.76. The van der Waals surface area contributed by atoms with Crippen molar-refractivity contribution in [2.75, 3.05) is 20.3 Å². The Labute approximate surface area is 147 Å². The number of aromatic amines is 1. The Balaban J connectivity index is 1.98. The molecule has 25 heavy (non-hydrogen) atoms. The van der Waals surface area contributed by atoms with Gasteiger partial charge in [0.25, 0.3) is 5.91 Å². The Morgan fingerprint density at radius 3 is 2.44 bits per heavy atom. The van der Waals surface area contributed by atoms with Crippen molar-refractivity contribution in [3.63, 3.8) is 0 Å². The molecule has 1 aromatic carbocycles. The van der Waals surface area contributed by atoms with Crippen LogP contribution in [0.25, 0.3) is 0 Å². The summed E-state index contributed by atoms with van der Waals surface area (Å²) in [6.45, 7) is 6.05. The maximum atomic E-state index is 12.4. The van der Waals surface area contributed by atoms with Gasteiger partial charge in [-0.15, -0.1) is 0 Å². The van der Waals surface area contributed by atoms with E-state index in [-0.39, 0.29) is 5.91 Å². The molecule has 0 unspecified atom stereocenters. The van der Waals surface area contributed by atoms with E-state index >= 15 is 0 Å². The number of H-pyrrole nitrogens is 1. The van der Waals surface area contributed by atoms with Gasteiger partial charge in [-0.2, -0.15) is 0 Å². The summed E-state index contributed by atoms with van der Waals surface area (Å²) in [5.74, 6) is 0.160.